The molecular formula is C33H32N6O4. The van der Waals surface area contributed by atoms with Gasteiger partial charge in [-0.3, -0.25) is 38.9 Å². The van der Waals surface area contributed by atoms with Crippen molar-refractivity contribution in [2.75, 3.05) is 13.1 Å². The molecule has 0 aliphatic carbocycles. The number of carbonyl (C=O) groups excluding carboxylic acids is 3. The number of benzene rings is 2. The highest BCUT2D eigenvalue weighted by atomic mass is 16.2. The maximum Gasteiger partial charge on any atom is 0.265 e. The molecule has 3 aliphatic heterocycles. The van der Waals surface area contributed by atoms with Crippen LogP contribution in [0, 0.1) is 6.92 Å². The van der Waals surface area contributed by atoms with Crippen LogP contribution in [0.15, 0.2) is 65.8 Å². The van der Waals surface area contributed by atoms with Crippen molar-refractivity contribution in [2.24, 2.45) is 0 Å². The van der Waals surface area contributed by atoms with Crippen molar-refractivity contribution in [3.8, 4) is 5.69 Å². The van der Waals surface area contributed by atoms with Crippen LogP contribution in [0.1, 0.15) is 64.3 Å². The van der Waals surface area contributed by atoms with Gasteiger partial charge in [-0.25, -0.2) is 4.98 Å². The van der Waals surface area contributed by atoms with Crippen LogP contribution in [0.2, 0.25) is 0 Å². The van der Waals surface area contributed by atoms with Crippen LogP contribution in [0.4, 0.5) is 0 Å². The predicted octanol–water partition coefficient (Wildman–Crippen LogP) is 3.23. The third-order valence-electron chi connectivity index (χ3n) is 9.07. The molecule has 7 rings (SSSR count). The maximum atomic E-state index is 13.4. The number of nitrogens with zero attached hydrogens (tertiary/aromatic N) is 5. The summed E-state index contributed by atoms with van der Waals surface area (Å²) in [6, 6.07) is 15.1. The molecule has 218 valence electrons. The molecule has 10 heteroatoms. The number of piperidine rings is 2. The van der Waals surface area contributed by atoms with E-state index in [2.05, 4.69) is 32.3 Å². The Morgan fingerprint density at radius 3 is 2.58 bits per heavy atom. The van der Waals surface area contributed by atoms with Gasteiger partial charge in [0.15, 0.2) is 0 Å². The minimum absolute atomic E-state index is 0.104. The fourth-order valence-electron chi connectivity index (χ4n) is 6.70. The molecule has 2 aromatic carbocycles. The summed E-state index contributed by atoms with van der Waals surface area (Å²) in [7, 11) is 0. The molecule has 2 saturated heterocycles. The Morgan fingerprint density at radius 1 is 0.953 bits per heavy atom. The van der Waals surface area contributed by atoms with E-state index >= 15 is 0 Å². The lowest BCUT2D eigenvalue weighted by atomic mass is 9.87. The topological polar surface area (TPSA) is 118 Å². The number of nitrogens with one attached hydrogen (secondary N) is 1. The number of imide groups is 1. The average molecular weight is 577 g/mol. The molecule has 0 bridgehead atoms. The van der Waals surface area contributed by atoms with Crippen molar-refractivity contribution >= 4 is 28.6 Å². The van der Waals surface area contributed by atoms with Gasteiger partial charge in [-0.15, -0.1) is 0 Å². The first kappa shape index (κ1) is 27.2. The van der Waals surface area contributed by atoms with E-state index in [1.807, 2.05) is 43.3 Å². The Bertz CT molecular complexity index is 1840. The number of rotatable bonds is 5. The number of hydrogen-bond acceptors (Lipinski definition) is 7. The van der Waals surface area contributed by atoms with E-state index in [1.54, 1.807) is 22.0 Å². The second-order valence-corrected chi connectivity index (χ2v) is 11.7. The van der Waals surface area contributed by atoms with Crippen LogP contribution in [0.3, 0.4) is 0 Å². The molecule has 43 heavy (non-hydrogen) atoms. The lowest BCUT2D eigenvalue weighted by Crippen LogP contribution is -2.52. The Labute approximate surface area is 248 Å². The summed E-state index contributed by atoms with van der Waals surface area (Å²) in [6.45, 7) is 4.87. The minimum Gasteiger partial charge on any atom is -0.322 e. The number of aromatic nitrogens is 3. The van der Waals surface area contributed by atoms with E-state index < -0.39 is 6.04 Å². The summed E-state index contributed by atoms with van der Waals surface area (Å²) in [5.74, 6) is -0.423. The van der Waals surface area contributed by atoms with E-state index in [0.717, 1.165) is 55.0 Å². The first-order chi connectivity index (χ1) is 20.9. The molecule has 4 aromatic rings. The van der Waals surface area contributed by atoms with Crippen molar-refractivity contribution in [3.63, 3.8) is 0 Å². The third-order valence-corrected chi connectivity index (χ3v) is 9.07. The Morgan fingerprint density at radius 2 is 1.79 bits per heavy atom. The summed E-state index contributed by atoms with van der Waals surface area (Å²) in [4.78, 5) is 63.2. The van der Waals surface area contributed by atoms with Gasteiger partial charge in [-0.05, 0) is 92.2 Å². The van der Waals surface area contributed by atoms with Crippen LogP contribution in [-0.4, -0.2) is 61.2 Å². The van der Waals surface area contributed by atoms with E-state index in [4.69, 9.17) is 0 Å². The van der Waals surface area contributed by atoms with Crippen molar-refractivity contribution < 1.29 is 14.4 Å². The van der Waals surface area contributed by atoms with Crippen molar-refractivity contribution in [1.29, 1.82) is 0 Å². The number of aryl methyl sites for hydroxylation is 1. The monoisotopic (exact) mass is 576 g/mol. The normalized spacial score (nSPS) is 19.6. The number of pyridine rings is 1. The van der Waals surface area contributed by atoms with Gasteiger partial charge in [0, 0.05) is 31.3 Å². The smallest absolute Gasteiger partial charge is 0.265 e. The van der Waals surface area contributed by atoms with Gasteiger partial charge >= 0.3 is 0 Å². The second kappa shape index (κ2) is 10.9. The lowest BCUT2D eigenvalue weighted by molar-refractivity contribution is -0.136. The van der Waals surface area contributed by atoms with Crippen LogP contribution < -0.4 is 10.9 Å². The molecule has 5 heterocycles. The van der Waals surface area contributed by atoms with Gasteiger partial charge in [-0.1, -0.05) is 18.2 Å². The highest BCUT2D eigenvalue weighted by Crippen LogP contribution is 2.34. The lowest BCUT2D eigenvalue weighted by Gasteiger charge is -2.32. The van der Waals surface area contributed by atoms with Gasteiger partial charge in [0.25, 0.3) is 11.5 Å². The van der Waals surface area contributed by atoms with Gasteiger partial charge in [0.05, 0.1) is 22.3 Å². The summed E-state index contributed by atoms with van der Waals surface area (Å²) in [5.41, 5.74) is 5.97. The SMILES string of the molecule is Cc1ncccc1-n1cnc2ccc(CN3CCC(c4ccc5c(c4)CN(C4CCC(=O)NC4=O)C5=O)CC3)cc2c1=O. The van der Waals surface area contributed by atoms with Crippen LogP contribution in [0.25, 0.3) is 16.6 Å². The molecule has 0 saturated carbocycles. The molecule has 10 nitrogen and oxygen atoms in total. The van der Waals surface area contributed by atoms with Gasteiger partial charge in [-0.2, -0.15) is 0 Å². The molecule has 1 N–H and O–H groups in total. The molecule has 1 unspecified atom stereocenters. The predicted molar refractivity (Wildman–Crippen MR) is 160 cm³/mol. The zero-order chi connectivity index (χ0) is 29.7. The zero-order valence-corrected chi connectivity index (χ0v) is 24.0. The molecule has 0 spiro atoms. The van der Waals surface area contributed by atoms with Crippen molar-refractivity contribution in [3.05, 3.63) is 99.4 Å². The molecular weight excluding hydrogens is 544 g/mol. The standard InChI is InChI=1S/C33H32N6O4/c1-20-28(3-2-12-34-20)39-19-35-27-7-4-21(15-26(27)33(39)43)17-37-13-10-22(11-14-37)23-5-6-25-24(16-23)18-38(32(25)42)29-8-9-30(40)36-31(29)41/h2-7,12,15-16,19,22,29H,8-11,13-14,17-18H2,1H3,(H,36,40,41). The minimum atomic E-state index is -0.600. The van der Waals surface area contributed by atoms with Gasteiger partial charge in [0.2, 0.25) is 11.8 Å². The summed E-state index contributed by atoms with van der Waals surface area (Å²) in [6.07, 6.45) is 5.88. The molecule has 0 radical (unpaired) electrons. The van der Waals surface area contributed by atoms with E-state index in [-0.39, 0.29) is 29.7 Å². The molecule has 2 aromatic heterocycles. The fourth-order valence-corrected chi connectivity index (χ4v) is 6.70. The van der Waals surface area contributed by atoms with Gasteiger partial charge in [0.1, 0.15) is 12.4 Å². The van der Waals surface area contributed by atoms with Crippen LogP contribution in [0.5, 0.6) is 0 Å². The van der Waals surface area contributed by atoms with E-state index in [1.165, 1.54) is 5.56 Å². The summed E-state index contributed by atoms with van der Waals surface area (Å²) >= 11 is 0. The highest BCUT2D eigenvalue weighted by Gasteiger charge is 2.39. The maximum absolute atomic E-state index is 13.4. The summed E-state index contributed by atoms with van der Waals surface area (Å²) in [5, 5.41) is 2.96. The zero-order valence-electron chi connectivity index (χ0n) is 24.0. The number of hydrogen-bond donors (Lipinski definition) is 1. The Hall–Kier alpha value is -4.70. The summed E-state index contributed by atoms with van der Waals surface area (Å²) < 4.78 is 1.56. The number of amides is 3. The molecule has 3 amide bonds. The largest absolute Gasteiger partial charge is 0.322 e. The first-order valence-electron chi connectivity index (χ1n) is 14.8. The number of likely N-dealkylation sites (tertiary alicyclic amines) is 1. The van der Waals surface area contributed by atoms with E-state index in [0.29, 0.717) is 35.3 Å². The Balaban J connectivity index is 1.02. The second-order valence-electron chi connectivity index (χ2n) is 11.7. The highest BCUT2D eigenvalue weighted by molar-refractivity contribution is 6.05. The number of carbonyl (C=O) groups is 3. The van der Waals surface area contributed by atoms with Crippen LogP contribution in [-0.2, 0) is 22.7 Å². The Kier molecular flexibility index (Phi) is 6.85. The van der Waals surface area contributed by atoms with E-state index in [9.17, 15) is 19.2 Å². The first-order valence-corrected chi connectivity index (χ1v) is 14.8. The third kappa shape index (κ3) is 5.01. The molecule has 1 atom stereocenters. The fraction of sp³-hybridized carbons (Fsp3) is 0.333. The average Bonchev–Trinajstić information content (AvgIpc) is 3.33. The van der Waals surface area contributed by atoms with Crippen molar-refractivity contribution in [2.45, 2.75) is 57.7 Å². The van der Waals surface area contributed by atoms with Crippen molar-refractivity contribution in [1.82, 2.24) is 29.7 Å². The van der Waals surface area contributed by atoms with Crippen LogP contribution >= 0.6 is 0 Å². The molecule has 2 fully saturated rings. The quantitative estimate of drug-likeness (QED) is 0.363. The number of fused-ring (bicyclic) bond motifs is 2. The van der Waals surface area contributed by atoms with Gasteiger partial charge < -0.3 is 4.90 Å². The molecule has 3 aliphatic rings.